The first-order chi connectivity index (χ1) is 9.31. The van der Waals surface area contributed by atoms with Gasteiger partial charge in [-0.25, -0.2) is 4.79 Å². The zero-order chi connectivity index (χ0) is 13.1. The van der Waals surface area contributed by atoms with Crippen LogP contribution in [0.15, 0.2) is 0 Å². The van der Waals surface area contributed by atoms with Crippen LogP contribution in [0.5, 0.6) is 0 Å². The predicted molar refractivity (Wildman–Crippen MR) is 76.1 cm³/mol. The lowest BCUT2D eigenvalue weighted by Crippen LogP contribution is -2.50. The molecule has 0 radical (unpaired) electrons. The van der Waals surface area contributed by atoms with Gasteiger partial charge in [0.05, 0.1) is 0 Å². The van der Waals surface area contributed by atoms with Crippen molar-refractivity contribution in [2.75, 3.05) is 32.7 Å². The summed E-state index contributed by atoms with van der Waals surface area (Å²) in [6, 6.07) is 0.652. The Morgan fingerprint density at radius 3 is 2.21 bits per heavy atom. The topological polar surface area (TPSA) is 35.6 Å². The van der Waals surface area contributed by atoms with Gasteiger partial charge in [-0.05, 0) is 64.0 Å². The lowest BCUT2D eigenvalue weighted by Gasteiger charge is -2.36. The molecule has 0 bridgehead atoms. The van der Waals surface area contributed by atoms with E-state index in [2.05, 4.69) is 10.2 Å². The fraction of sp³-hybridized carbons (Fsp3) is 0.933. The van der Waals surface area contributed by atoms with Gasteiger partial charge in [0.1, 0.15) is 0 Å². The van der Waals surface area contributed by atoms with Crippen LogP contribution >= 0.6 is 0 Å². The van der Waals surface area contributed by atoms with Crippen molar-refractivity contribution in [3.05, 3.63) is 0 Å². The Balaban J connectivity index is 1.37. The zero-order valence-corrected chi connectivity index (χ0v) is 11.9. The molecule has 2 saturated heterocycles. The molecule has 4 nitrogen and oxygen atoms in total. The summed E-state index contributed by atoms with van der Waals surface area (Å²) in [4.78, 5) is 16.7. The molecular weight excluding hydrogens is 238 g/mol. The van der Waals surface area contributed by atoms with Crippen molar-refractivity contribution in [3.63, 3.8) is 0 Å². The molecule has 3 aliphatic rings. The summed E-state index contributed by atoms with van der Waals surface area (Å²) in [6.45, 7) is 5.76. The third-order valence-electron chi connectivity index (χ3n) is 5.05. The fourth-order valence-electron chi connectivity index (χ4n) is 3.47. The summed E-state index contributed by atoms with van der Waals surface area (Å²) in [7, 11) is 0. The van der Waals surface area contributed by atoms with Crippen LogP contribution in [0.25, 0.3) is 0 Å². The fourth-order valence-corrected chi connectivity index (χ4v) is 3.47. The number of hydrogen-bond donors (Lipinski definition) is 1. The van der Waals surface area contributed by atoms with E-state index in [1.807, 2.05) is 4.90 Å². The molecule has 0 atom stereocenters. The lowest BCUT2D eigenvalue weighted by atomic mass is 9.93. The van der Waals surface area contributed by atoms with Crippen LogP contribution in [-0.2, 0) is 0 Å². The molecule has 3 rings (SSSR count). The van der Waals surface area contributed by atoms with Gasteiger partial charge in [-0.2, -0.15) is 0 Å². The molecular formula is C15H27N3O. The third-order valence-corrected chi connectivity index (χ3v) is 5.05. The molecule has 0 aromatic rings. The van der Waals surface area contributed by atoms with E-state index in [4.69, 9.17) is 0 Å². The van der Waals surface area contributed by atoms with Gasteiger partial charge in [-0.3, -0.25) is 0 Å². The largest absolute Gasteiger partial charge is 0.335 e. The Kier molecular flexibility index (Phi) is 4.26. The van der Waals surface area contributed by atoms with Crippen LogP contribution < -0.4 is 5.32 Å². The first-order valence-electron chi connectivity index (χ1n) is 8.09. The van der Waals surface area contributed by atoms with Crippen molar-refractivity contribution in [1.82, 2.24) is 15.1 Å². The summed E-state index contributed by atoms with van der Waals surface area (Å²) in [6.07, 6.45) is 8.77. The summed E-state index contributed by atoms with van der Waals surface area (Å²) in [5.74, 6) is 0.811. The first kappa shape index (κ1) is 13.2. The highest BCUT2D eigenvalue weighted by atomic mass is 16.2. The predicted octanol–water partition coefficient (Wildman–Crippen LogP) is 2.06. The zero-order valence-electron chi connectivity index (χ0n) is 11.9. The minimum atomic E-state index is 0.185. The molecule has 4 heteroatoms. The van der Waals surface area contributed by atoms with Crippen molar-refractivity contribution in [2.45, 2.75) is 51.0 Å². The summed E-state index contributed by atoms with van der Waals surface area (Å²) in [5, 5.41) is 3.15. The van der Waals surface area contributed by atoms with Crippen LogP contribution in [0, 0.1) is 5.92 Å². The number of nitrogens with zero attached hydrogens (tertiary/aromatic N) is 2. The number of amides is 2. The lowest BCUT2D eigenvalue weighted by molar-refractivity contribution is 0.148. The van der Waals surface area contributed by atoms with Gasteiger partial charge in [-0.1, -0.05) is 0 Å². The van der Waals surface area contributed by atoms with Crippen LogP contribution in [0.4, 0.5) is 4.79 Å². The smallest absolute Gasteiger partial charge is 0.317 e. The van der Waals surface area contributed by atoms with Crippen LogP contribution in [0.3, 0.4) is 0 Å². The minimum Gasteiger partial charge on any atom is -0.335 e. The quantitative estimate of drug-likeness (QED) is 0.848. The molecule has 0 unspecified atom stereocenters. The number of nitrogens with one attached hydrogen (secondary N) is 1. The SMILES string of the molecule is O=C(NC1CCC1)N1CCC(CN2CCCC2)CC1. The summed E-state index contributed by atoms with van der Waals surface area (Å²) < 4.78 is 0. The van der Waals surface area contributed by atoms with E-state index in [0.29, 0.717) is 6.04 Å². The van der Waals surface area contributed by atoms with E-state index in [-0.39, 0.29) is 6.03 Å². The first-order valence-corrected chi connectivity index (χ1v) is 8.09. The molecule has 0 spiro atoms. The Morgan fingerprint density at radius 1 is 0.947 bits per heavy atom. The Bertz CT molecular complexity index is 303. The molecule has 0 aromatic carbocycles. The molecule has 19 heavy (non-hydrogen) atoms. The van der Waals surface area contributed by atoms with Gasteiger partial charge in [0.15, 0.2) is 0 Å². The normalized spacial score (nSPS) is 26.4. The second-order valence-corrected chi connectivity index (χ2v) is 6.52. The number of rotatable bonds is 3. The number of carbonyl (C=O) groups excluding carboxylic acids is 1. The summed E-state index contributed by atoms with van der Waals surface area (Å²) in [5.41, 5.74) is 0. The maximum Gasteiger partial charge on any atom is 0.317 e. The molecule has 1 N–H and O–H groups in total. The van der Waals surface area contributed by atoms with Gasteiger partial charge in [-0.15, -0.1) is 0 Å². The molecule has 2 aliphatic heterocycles. The van der Waals surface area contributed by atoms with Gasteiger partial charge in [0.25, 0.3) is 0 Å². The van der Waals surface area contributed by atoms with Crippen LogP contribution in [0.1, 0.15) is 44.9 Å². The van der Waals surface area contributed by atoms with Crippen LogP contribution in [-0.4, -0.2) is 54.6 Å². The van der Waals surface area contributed by atoms with E-state index < -0.39 is 0 Å². The second kappa shape index (κ2) is 6.12. The number of hydrogen-bond acceptors (Lipinski definition) is 2. The van der Waals surface area contributed by atoms with Crippen molar-refractivity contribution < 1.29 is 4.79 Å². The van der Waals surface area contributed by atoms with Gasteiger partial charge >= 0.3 is 6.03 Å². The molecule has 2 amide bonds. The number of carbonyl (C=O) groups is 1. The van der Waals surface area contributed by atoms with Gasteiger partial charge < -0.3 is 15.1 Å². The Labute approximate surface area is 116 Å². The monoisotopic (exact) mass is 265 g/mol. The molecule has 108 valence electrons. The minimum absolute atomic E-state index is 0.185. The number of likely N-dealkylation sites (tertiary alicyclic amines) is 2. The van der Waals surface area contributed by atoms with E-state index in [0.717, 1.165) is 19.0 Å². The summed E-state index contributed by atoms with van der Waals surface area (Å²) >= 11 is 0. The van der Waals surface area contributed by atoms with Crippen molar-refractivity contribution in [2.24, 2.45) is 5.92 Å². The van der Waals surface area contributed by atoms with Crippen molar-refractivity contribution in [3.8, 4) is 0 Å². The van der Waals surface area contributed by atoms with E-state index in [1.54, 1.807) is 0 Å². The van der Waals surface area contributed by atoms with E-state index in [1.165, 1.54) is 64.6 Å². The molecule has 1 saturated carbocycles. The molecule has 2 heterocycles. The molecule has 0 aromatic heterocycles. The highest BCUT2D eigenvalue weighted by Gasteiger charge is 2.27. The van der Waals surface area contributed by atoms with Crippen molar-refractivity contribution in [1.29, 1.82) is 0 Å². The maximum atomic E-state index is 12.1. The molecule has 1 aliphatic carbocycles. The second-order valence-electron chi connectivity index (χ2n) is 6.52. The van der Waals surface area contributed by atoms with Crippen LogP contribution in [0.2, 0.25) is 0 Å². The van der Waals surface area contributed by atoms with E-state index in [9.17, 15) is 4.79 Å². The maximum absolute atomic E-state index is 12.1. The van der Waals surface area contributed by atoms with Gasteiger partial charge in [0, 0.05) is 25.7 Å². The standard InChI is InChI=1S/C15H27N3O/c19-15(16-14-4-3-5-14)18-10-6-13(7-11-18)12-17-8-1-2-9-17/h13-14H,1-12H2,(H,16,19). The average molecular weight is 265 g/mol. The number of piperidine rings is 1. The van der Waals surface area contributed by atoms with E-state index >= 15 is 0 Å². The van der Waals surface area contributed by atoms with Gasteiger partial charge in [0.2, 0.25) is 0 Å². The molecule has 3 fully saturated rings. The average Bonchev–Trinajstić information content (AvgIpc) is 2.87. The third kappa shape index (κ3) is 3.41. The Hall–Kier alpha value is -0.770. The highest BCUT2D eigenvalue weighted by Crippen LogP contribution is 2.22. The van der Waals surface area contributed by atoms with Crippen molar-refractivity contribution >= 4 is 6.03 Å². The number of urea groups is 1. The highest BCUT2D eigenvalue weighted by molar-refractivity contribution is 5.74. The Morgan fingerprint density at radius 2 is 1.63 bits per heavy atom.